The number of guanidine groups is 1. The number of aromatic nitrogens is 2. The van der Waals surface area contributed by atoms with E-state index in [2.05, 4.69) is 34.7 Å². The minimum atomic E-state index is 0. The maximum Gasteiger partial charge on any atom is 0.196 e. The molecule has 7 nitrogen and oxygen atoms in total. The van der Waals surface area contributed by atoms with Crippen molar-refractivity contribution in [2.45, 2.75) is 26.4 Å². The van der Waals surface area contributed by atoms with Gasteiger partial charge < -0.3 is 20.1 Å². The smallest absolute Gasteiger partial charge is 0.196 e. The van der Waals surface area contributed by atoms with Gasteiger partial charge in [-0.2, -0.15) is 0 Å². The molecule has 0 radical (unpaired) electrons. The summed E-state index contributed by atoms with van der Waals surface area (Å²) in [6.07, 6.45) is 4.93. The Kier molecular flexibility index (Phi) is 7.71. The van der Waals surface area contributed by atoms with E-state index in [0.29, 0.717) is 32.3 Å². The van der Waals surface area contributed by atoms with Crippen LogP contribution in [0.1, 0.15) is 23.2 Å². The van der Waals surface area contributed by atoms with E-state index in [4.69, 9.17) is 14.5 Å². The molecule has 1 aliphatic heterocycles. The van der Waals surface area contributed by atoms with E-state index in [9.17, 15) is 0 Å². The number of anilines is 1. The van der Waals surface area contributed by atoms with Gasteiger partial charge in [0, 0.05) is 35.9 Å². The van der Waals surface area contributed by atoms with Gasteiger partial charge in [0.05, 0.1) is 32.0 Å². The Morgan fingerprint density at radius 3 is 2.85 bits per heavy atom. The second-order valence-corrected chi connectivity index (χ2v) is 8.48. The first kappa shape index (κ1) is 23.4. The number of nitrogens with zero attached hydrogens (tertiary/aromatic N) is 3. The van der Waals surface area contributed by atoms with Crippen LogP contribution < -0.4 is 20.1 Å². The number of hydrogen-bond acceptors (Lipinski definition) is 5. The lowest BCUT2D eigenvalue weighted by Crippen LogP contribution is -2.30. The average Bonchev–Trinajstić information content (AvgIpc) is 3.31. The van der Waals surface area contributed by atoms with E-state index >= 15 is 0 Å². The van der Waals surface area contributed by atoms with Crippen LogP contribution in [0.25, 0.3) is 4.96 Å². The molecule has 172 valence electrons. The van der Waals surface area contributed by atoms with Crippen molar-refractivity contribution in [3.8, 4) is 11.5 Å². The molecule has 5 rings (SSSR count). The lowest BCUT2D eigenvalue weighted by molar-refractivity contribution is 0.297. The predicted octanol–water partition coefficient (Wildman–Crippen LogP) is 5.24. The molecule has 0 saturated heterocycles. The van der Waals surface area contributed by atoms with E-state index in [1.807, 2.05) is 52.5 Å². The largest absolute Gasteiger partial charge is 0.490 e. The van der Waals surface area contributed by atoms with Crippen LogP contribution >= 0.6 is 35.3 Å². The summed E-state index contributed by atoms with van der Waals surface area (Å²) in [4.78, 5) is 10.5. The van der Waals surface area contributed by atoms with E-state index in [-0.39, 0.29) is 24.0 Å². The van der Waals surface area contributed by atoms with Gasteiger partial charge in [-0.25, -0.2) is 9.98 Å². The Morgan fingerprint density at radius 2 is 2.00 bits per heavy atom. The number of thiazole rings is 1. The van der Waals surface area contributed by atoms with E-state index in [0.717, 1.165) is 34.3 Å². The number of hydrogen-bond donors (Lipinski definition) is 2. The van der Waals surface area contributed by atoms with E-state index < -0.39 is 0 Å². The molecule has 0 spiro atoms. The van der Waals surface area contributed by atoms with Crippen molar-refractivity contribution in [2.24, 2.45) is 4.99 Å². The fourth-order valence-electron chi connectivity index (χ4n) is 3.50. The number of aliphatic imine (C=N–C) groups is 1. The van der Waals surface area contributed by atoms with Crippen molar-refractivity contribution >= 4 is 51.9 Å². The number of benzene rings is 2. The lowest BCUT2D eigenvalue weighted by Gasteiger charge is -2.14. The van der Waals surface area contributed by atoms with Crippen molar-refractivity contribution in [1.29, 1.82) is 0 Å². The summed E-state index contributed by atoms with van der Waals surface area (Å²) in [6, 6.07) is 14.2. The van der Waals surface area contributed by atoms with Gasteiger partial charge >= 0.3 is 0 Å². The predicted molar refractivity (Wildman–Crippen MR) is 143 cm³/mol. The van der Waals surface area contributed by atoms with E-state index in [1.54, 1.807) is 11.3 Å². The molecule has 4 aromatic rings. The zero-order chi connectivity index (χ0) is 21.8. The third-order valence-electron chi connectivity index (χ3n) is 5.26. The number of imidazole rings is 1. The van der Waals surface area contributed by atoms with Gasteiger partial charge in [-0.3, -0.25) is 4.40 Å². The second-order valence-electron chi connectivity index (χ2n) is 7.61. The molecule has 0 atom stereocenters. The Balaban J connectivity index is 0.00000259. The highest BCUT2D eigenvalue weighted by Crippen LogP contribution is 2.32. The van der Waals surface area contributed by atoms with Gasteiger partial charge in [0.15, 0.2) is 22.4 Å². The first-order valence-electron chi connectivity index (χ1n) is 10.7. The Labute approximate surface area is 213 Å². The number of ether oxygens (including phenoxy) is 2. The molecule has 2 aromatic heterocycles. The van der Waals surface area contributed by atoms with Gasteiger partial charge in [-0.15, -0.1) is 35.3 Å². The third-order valence-corrected chi connectivity index (χ3v) is 6.03. The molecule has 0 saturated carbocycles. The zero-order valence-electron chi connectivity index (χ0n) is 18.3. The normalized spacial score (nSPS) is 13.3. The standard InChI is InChI=1S/C24H25N5O2S.HI/c1-17-5-2-3-6-18(17)14-25-23(26-15-20-16-29-9-12-32-24(29)28-20)27-19-7-8-21-22(13-19)31-11-4-10-30-21;/h2-3,5-9,12-13,16H,4,10-11,14-15H2,1H3,(H2,25,26,27);1H. The monoisotopic (exact) mass is 575 g/mol. The Hall–Kier alpha value is -2.79. The molecular weight excluding hydrogens is 549 g/mol. The summed E-state index contributed by atoms with van der Waals surface area (Å²) < 4.78 is 13.6. The Morgan fingerprint density at radius 1 is 1.15 bits per heavy atom. The number of rotatable bonds is 5. The molecule has 0 aliphatic carbocycles. The van der Waals surface area contributed by atoms with Crippen LogP contribution in [0.2, 0.25) is 0 Å². The van der Waals surface area contributed by atoms with Crippen molar-refractivity contribution in [2.75, 3.05) is 18.5 Å². The maximum atomic E-state index is 5.83. The van der Waals surface area contributed by atoms with Crippen LogP contribution in [0.5, 0.6) is 11.5 Å². The van der Waals surface area contributed by atoms with Crippen molar-refractivity contribution in [1.82, 2.24) is 14.7 Å². The van der Waals surface area contributed by atoms with Gasteiger partial charge in [0.25, 0.3) is 0 Å². The fraction of sp³-hybridized carbons (Fsp3) is 0.250. The zero-order valence-corrected chi connectivity index (χ0v) is 21.4. The van der Waals surface area contributed by atoms with Crippen LogP contribution in [0.3, 0.4) is 0 Å². The highest BCUT2D eigenvalue weighted by Gasteiger charge is 2.12. The third kappa shape index (κ3) is 5.77. The molecule has 1 aliphatic rings. The van der Waals surface area contributed by atoms with Crippen molar-refractivity contribution < 1.29 is 9.47 Å². The van der Waals surface area contributed by atoms with Crippen LogP contribution in [-0.2, 0) is 13.1 Å². The number of aryl methyl sites for hydroxylation is 1. The van der Waals surface area contributed by atoms with E-state index in [1.165, 1.54) is 11.1 Å². The minimum absolute atomic E-state index is 0. The highest BCUT2D eigenvalue weighted by atomic mass is 127. The molecule has 0 unspecified atom stereocenters. The summed E-state index contributed by atoms with van der Waals surface area (Å²) in [7, 11) is 0. The summed E-state index contributed by atoms with van der Waals surface area (Å²) in [6.45, 7) is 4.57. The number of nitrogens with one attached hydrogen (secondary N) is 2. The SMILES string of the molecule is Cc1ccccc1CN=C(NCc1cn2ccsc2n1)Nc1ccc2c(c1)OCCCO2.I. The molecule has 33 heavy (non-hydrogen) atoms. The molecule has 2 N–H and O–H groups in total. The number of fused-ring (bicyclic) bond motifs is 2. The Bertz CT molecular complexity index is 1220. The summed E-state index contributed by atoms with van der Waals surface area (Å²) in [5.74, 6) is 2.21. The summed E-state index contributed by atoms with van der Waals surface area (Å²) in [5, 5.41) is 8.85. The maximum absolute atomic E-state index is 5.83. The lowest BCUT2D eigenvalue weighted by atomic mass is 10.1. The summed E-state index contributed by atoms with van der Waals surface area (Å²) >= 11 is 1.62. The molecular formula is C24H26IN5O2S. The summed E-state index contributed by atoms with van der Waals surface area (Å²) in [5.41, 5.74) is 4.26. The van der Waals surface area contributed by atoms with Gasteiger partial charge in [-0.1, -0.05) is 24.3 Å². The van der Waals surface area contributed by atoms with Crippen molar-refractivity contribution in [3.63, 3.8) is 0 Å². The molecule has 3 heterocycles. The van der Waals surface area contributed by atoms with Crippen LogP contribution in [-0.4, -0.2) is 28.6 Å². The first-order valence-corrected chi connectivity index (χ1v) is 11.5. The molecule has 0 amide bonds. The number of halogens is 1. The van der Waals surface area contributed by atoms with Crippen LogP contribution in [0.15, 0.2) is 65.2 Å². The minimum Gasteiger partial charge on any atom is -0.490 e. The van der Waals surface area contributed by atoms with Crippen molar-refractivity contribution in [3.05, 3.63) is 77.1 Å². The molecule has 0 bridgehead atoms. The first-order chi connectivity index (χ1) is 15.7. The molecule has 2 aromatic carbocycles. The highest BCUT2D eigenvalue weighted by molar-refractivity contribution is 14.0. The van der Waals surface area contributed by atoms with Gasteiger partial charge in [0.1, 0.15) is 0 Å². The second kappa shape index (κ2) is 10.9. The molecule has 0 fully saturated rings. The van der Waals surface area contributed by atoms with Gasteiger partial charge in [0.2, 0.25) is 0 Å². The van der Waals surface area contributed by atoms with Gasteiger partial charge in [-0.05, 0) is 30.2 Å². The van der Waals surface area contributed by atoms with Crippen LogP contribution in [0.4, 0.5) is 5.69 Å². The average molecular weight is 575 g/mol. The molecule has 9 heteroatoms. The fourth-order valence-corrected chi connectivity index (χ4v) is 4.22. The quantitative estimate of drug-likeness (QED) is 0.194. The van der Waals surface area contributed by atoms with Crippen LogP contribution in [0, 0.1) is 6.92 Å². The topological polar surface area (TPSA) is 72.2 Å².